The Labute approximate surface area is 268 Å². The van der Waals surface area contributed by atoms with Gasteiger partial charge in [0, 0.05) is 50.1 Å². The summed E-state index contributed by atoms with van der Waals surface area (Å²) in [7, 11) is 2.00. The number of nitrogens with zero attached hydrogens (tertiary/aromatic N) is 3. The lowest BCUT2D eigenvalue weighted by molar-refractivity contribution is -0.151. The lowest BCUT2D eigenvalue weighted by Gasteiger charge is -2.36. The molecular weight excluding hydrogens is 578 g/mol. The highest BCUT2D eigenvalue weighted by atomic mass is 16.6. The highest BCUT2D eigenvalue weighted by Gasteiger charge is 2.38. The van der Waals surface area contributed by atoms with Gasteiger partial charge in [0.15, 0.2) is 6.10 Å². The van der Waals surface area contributed by atoms with Crippen LogP contribution in [0.4, 0.5) is 9.59 Å². The predicted octanol–water partition coefficient (Wildman–Crippen LogP) is 4.29. The van der Waals surface area contributed by atoms with Crippen LogP contribution in [-0.4, -0.2) is 119 Å². The van der Waals surface area contributed by atoms with Crippen molar-refractivity contribution in [3.63, 3.8) is 0 Å². The van der Waals surface area contributed by atoms with Crippen molar-refractivity contribution in [2.24, 2.45) is 11.8 Å². The van der Waals surface area contributed by atoms with Crippen molar-refractivity contribution in [2.45, 2.75) is 103 Å². The Kier molecular flexibility index (Phi) is 13.1. The van der Waals surface area contributed by atoms with Crippen LogP contribution in [-0.2, 0) is 19.0 Å². The van der Waals surface area contributed by atoms with Gasteiger partial charge < -0.3 is 39.1 Å². The molecule has 3 heterocycles. The van der Waals surface area contributed by atoms with Crippen molar-refractivity contribution in [2.75, 3.05) is 46.4 Å². The monoisotopic (exact) mass is 633 g/mol. The van der Waals surface area contributed by atoms with Crippen molar-refractivity contribution in [3.8, 4) is 0 Å². The Morgan fingerprint density at radius 2 is 1.80 bits per heavy atom. The zero-order valence-electron chi connectivity index (χ0n) is 28.2. The number of rotatable bonds is 6. The number of hydrogen-bond donors (Lipinski definition) is 2. The minimum atomic E-state index is -1.46. The van der Waals surface area contributed by atoms with Gasteiger partial charge >= 0.3 is 18.2 Å². The molecule has 0 aromatic rings. The minimum Gasteiger partial charge on any atom is -0.457 e. The van der Waals surface area contributed by atoms with E-state index in [-0.39, 0.29) is 49.3 Å². The first-order valence-electron chi connectivity index (χ1n) is 16.3. The molecule has 6 atom stereocenters. The van der Waals surface area contributed by atoms with Crippen LogP contribution in [0, 0.1) is 11.8 Å². The number of amides is 2. The Hall–Kier alpha value is -2.89. The fourth-order valence-electron chi connectivity index (χ4n) is 5.90. The van der Waals surface area contributed by atoms with Crippen LogP contribution in [0.3, 0.4) is 0 Å². The number of hydrogen-bond acceptors (Lipinski definition) is 9. The van der Waals surface area contributed by atoms with E-state index in [1.165, 1.54) is 0 Å². The van der Waals surface area contributed by atoms with Gasteiger partial charge in [-0.25, -0.2) is 9.59 Å². The molecule has 0 unspecified atom stereocenters. The molecule has 11 nitrogen and oxygen atoms in total. The van der Waals surface area contributed by atoms with Crippen LogP contribution >= 0.6 is 0 Å². The number of piperazine rings is 1. The molecule has 2 N–H and O–H groups in total. The van der Waals surface area contributed by atoms with E-state index in [1.807, 2.05) is 59.9 Å². The Balaban J connectivity index is 1.70. The molecule has 11 heteroatoms. The van der Waals surface area contributed by atoms with Gasteiger partial charge in [0.1, 0.15) is 11.7 Å². The van der Waals surface area contributed by atoms with E-state index in [0.717, 1.165) is 31.5 Å². The first-order valence-corrected chi connectivity index (χ1v) is 16.3. The molecule has 0 spiro atoms. The third-order valence-electron chi connectivity index (χ3n) is 9.15. The molecule has 3 aliphatic heterocycles. The van der Waals surface area contributed by atoms with Gasteiger partial charge in [-0.15, -0.1) is 0 Å². The Bertz CT molecular complexity index is 1110. The van der Waals surface area contributed by atoms with Crippen molar-refractivity contribution in [1.29, 1.82) is 0 Å². The van der Waals surface area contributed by atoms with Crippen LogP contribution in [0.25, 0.3) is 0 Å². The molecule has 254 valence electrons. The van der Waals surface area contributed by atoms with Crippen LogP contribution in [0.1, 0.15) is 73.6 Å². The smallest absolute Gasteiger partial charge is 0.410 e. The van der Waals surface area contributed by atoms with Gasteiger partial charge in [0.05, 0.1) is 19.1 Å². The number of cyclic esters (lactones) is 1. The zero-order chi connectivity index (χ0) is 33.4. The second kappa shape index (κ2) is 16.1. The maximum absolute atomic E-state index is 13.0. The van der Waals surface area contributed by atoms with E-state index in [1.54, 1.807) is 28.9 Å². The average Bonchev–Trinajstić information content (AvgIpc) is 3.33. The summed E-state index contributed by atoms with van der Waals surface area (Å²) in [6.07, 6.45) is 7.65. The maximum Gasteiger partial charge on any atom is 0.410 e. The number of allylic oxidation sites excluding steroid dienone is 2. The number of likely N-dealkylation sites (N-methyl/N-ethyl adjacent to an activating group) is 1. The summed E-state index contributed by atoms with van der Waals surface area (Å²) in [5, 5.41) is 21.9. The van der Waals surface area contributed by atoms with Gasteiger partial charge in [-0.05, 0) is 72.1 Å². The summed E-state index contributed by atoms with van der Waals surface area (Å²) in [6, 6.07) is 0. The zero-order valence-corrected chi connectivity index (χ0v) is 28.2. The number of aliphatic hydroxyl groups excluding tert-OH is 1. The normalized spacial score (nSPS) is 31.9. The highest BCUT2D eigenvalue weighted by Crippen LogP contribution is 2.29. The van der Waals surface area contributed by atoms with E-state index in [0.29, 0.717) is 19.6 Å². The van der Waals surface area contributed by atoms with Gasteiger partial charge in [0.2, 0.25) is 0 Å². The second-order valence-corrected chi connectivity index (χ2v) is 13.9. The van der Waals surface area contributed by atoms with Gasteiger partial charge in [-0.3, -0.25) is 4.79 Å². The Morgan fingerprint density at radius 3 is 2.44 bits per heavy atom. The number of ether oxygens (including phenoxy) is 3. The average molecular weight is 634 g/mol. The van der Waals surface area contributed by atoms with E-state index in [4.69, 9.17) is 14.2 Å². The minimum absolute atomic E-state index is 0.0342. The van der Waals surface area contributed by atoms with Crippen LogP contribution in [0.2, 0.25) is 0 Å². The van der Waals surface area contributed by atoms with Crippen LogP contribution in [0.15, 0.2) is 36.0 Å². The Morgan fingerprint density at radius 1 is 1.11 bits per heavy atom. The van der Waals surface area contributed by atoms with E-state index < -0.39 is 36.0 Å². The summed E-state index contributed by atoms with van der Waals surface area (Å²) >= 11 is 0. The topological polar surface area (TPSA) is 129 Å². The van der Waals surface area contributed by atoms with Crippen LogP contribution in [0.5, 0.6) is 0 Å². The fourth-order valence-corrected chi connectivity index (χ4v) is 5.90. The first-order chi connectivity index (χ1) is 21.1. The molecule has 0 aromatic carbocycles. The molecule has 3 rings (SSSR count). The highest BCUT2D eigenvalue weighted by molar-refractivity contribution is 5.71. The predicted molar refractivity (Wildman–Crippen MR) is 171 cm³/mol. The summed E-state index contributed by atoms with van der Waals surface area (Å²) in [6.45, 7) is 14.9. The molecule has 3 aliphatic rings. The van der Waals surface area contributed by atoms with Crippen molar-refractivity contribution < 1.29 is 38.8 Å². The summed E-state index contributed by atoms with van der Waals surface area (Å²) in [5.74, 6) is -0.904. The number of carbonyl (C=O) groups is 3. The van der Waals surface area contributed by atoms with E-state index in [2.05, 4.69) is 4.90 Å². The van der Waals surface area contributed by atoms with E-state index in [9.17, 15) is 24.6 Å². The van der Waals surface area contributed by atoms with Crippen molar-refractivity contribution in [1.82, 2.24) is 14.7 Å². The number of likely N-dealkylation sites (tertiary alicyclic amines) is 1. The molecule has 0 saturated carbocycles. The molecule has 0 aliphatic carbocycles. The molecule has 2 saturated heterocycles. The second-order valence-electron chi connectivity index (χ2n) is 13.9. The number of carbonyl (C=O) groups excluding carboxylic acids is 3. The SMILES string of the molecule is C/C(=C\C=C\[C@@H](C)COC(=O)N1CCCC1(C)C)[C@H]1OC(=O)C[C@@H](O)CC[C@](C)(O)[C@@H](OC(=O)N2CCN(C)CC2)/C=C/[C@@H]1C. The molecule has 45 heavy (non-hydrogen) atoms. The van der Waals surface area contributed by atoms with Crippen molar-refractivity contribution in [3.05, 3.63) is 36.0 Å². The van der Waals surface area contributed by atoms with Gasteiger partial charge in [-0.1, -0.05) is 38.2 Å². The maximum atomic E-state index is 13.0. The lowest BCUT2D eigenvalue weighted by Crippen LogP contribution is -2.50. The largest absolute Gasteiger partial charge is 0.457 e. The third kappa shape index (κ3) is 10.9. The van der Waals surface area contributed by atoms with Gasteiger partial charge in [-0.2, -0.15) is 0 Å². The van der Waals surface area contributed by atoms with Gasteiger partial charge in [0.25, 0.3) is 0 Å². The lowest BCUT2D eigenvalue weighted by atomic mass is 9.89. The summed E-state index contributed by atoms with van der Waals surface area (Å²) < 4.78 is 17.2. The number of esters is 1. The molecular formula is C34H55N3O8. The molecule has 0 radical (unpaired) electrons. The molecule has 2 fully saturated rings. The van der Waals surface area contributed by atoms with Crippen molar-refractivity contribution >= 4 is 18.2 Å². The molecule has 0 bridgehead atoms. The number of aliphatic hydroxyl groups is 2. The van der Waals surface area contributed by atoms with E-state index >= 15 is 0 Å². The summed E-state index contributed by atoms with van der Waals surface area (Å²) in [4.78, 5) is 43.9. The standard InChI is InChI=1S/C34H55N3O8/c1-24(23-43-32(41)37-17-9-15-33(37,4)5)10-8-11-25(2)30-26(3)12-13-28(44-31(40)36-20-18-35(7)19-21-36)34(6,42)16-14-27(38)22-29(39)45-30/h8,10-13,24,26-28,30,38,42H,9,14-23H2,1-7H3/b10-8+,13-12+,25-11+/t24-,26+,27+,28+,30-,34+/m1/s1. The third-order valence-corrected chi connectivity index (χ3v) is 9.15. The summed E-state index contributed by atoms with van der Waals surface area (Å²) in [5.41, 5.74) is -0.885. The fraction of sp³-hybridized carbons (Fsp3) is 0.735. The van der Waals surface area contributed by atoms with Crippen LogP contribution < -0.4 is 0 Å². The quantitative estimate of drug-likeness (QED) is 0.191. The first kappa shape index (κ1) is 36.6. The molecule has 0 aromatic heterocycles. The molecule has 2 amide bonds.